The summed E-state index contributed by atoms with van der Waals surface area (Å²) in [5.74, 6) is -2.62. The van der Waals surface area contributed by atoms with Crippen molar-refractivity contribution in [1.29, 1.82) is 0 Å². The second kappa shape index (κ2) is 12.5. The number of carbonyl (C=O) groups is 2. The van der Waals surface area contributed by atoms with Gasteiger partial charge in [0.05, 0.1) is 22.6 Å². The second-order valence-electron chi connectivity index (χ2n) is 9.00. The summed E-state index contributed by atoms with van der Waals surface area (Å²) in [5, 5.41) is 11.5. The van der Waals surface area contributed by atoms with E-state index in [2.05, 4.69) is 10.3 Å². The van der Waals surface area contributed by atoms with Crippen LogP contribution in [0, 0.1) is 0 Å². The number of carbonyl (C=O) groups excluding carboxylic acids is 1. The molecule has 214 valence electrons. The molecule has 0 aliphatic carbocycles. The van der Waals surface area contributed by atoms with Crippen LogP contribution in [-0.4, -0.2) is 63.1 Å². The first-order chi connectivity index (χ1) is 19.1. The van der Waals surface area contributed by atoms with Gasteiger partial charge in [-0.2, -0.15) is 13.2 Å². The van der Waals surface area contributed by atoms with Crippen molar-refractivity contribution in [2.24, 2.45) is 7.05 Å². The summed E-state index contributed by atoms with van der Waals surface area (Å²) in [7, 11) is 1.75. The van der Waals surface area contributed by atoms with Crippen LogP contribution in [0.25, 0.3) is 21.0 Å². The maximum Gasteiger partial charge on any atom is 0.490 e. The van der Waals surface area contributed by atoms with Crippen LogP contribution in [0.15, 0.2) is 47.8 Å². The van der Waals surface area contributed by atoms with E-state index in [9.17, 15) is 22.8 Å². The van der Waals surface area contributed by atoms with E-state index in [1.54, 1.807) is 24.1 Å². The Hall–Kier alpha value is -3.91. The number of hydrogen-bond donors (Lipinski definition) is 2. The van der Waals surface area contributed by atoms with Crippen molar-refractivity contribution in [2.75, 3.05) is 19.8 Å². The Kier molecular flexibility index (Phi) is 9.10. The van der Waals surface area contributed by atoms with Gasteiger partial charge in [0.15, 0.2) is 5.75 Å². The first kappa shape index (κ1) is 29.1. The Morgan fingerprint density at radius 2 is 2.05 bits per heavy atom. The minimum atomic E-state index is -5.08. The monoisotopic (exact) mass is 580 g/mol. The molecule has 1 amide bonds. The predicted octanol–water partition coefficient (Wildman–Crippen LogP) is 3.96. The molecule has 4 aromatic rings. The molecule has 0 radical (unpaired) electrons. The molecular weight excluding hydrogens is 553 g/mol. The SMILES string of the molecule is Cn1c(=O)c2c(OCC3CCCO3)c(C(=O)NCCCn3ccnc3)sc2c2ccccc21.O=C(O)C(F)(F)F. The Morgan fingerprint density at radius 3 is 2.70 bits per heavy atom. The fourth-order valence-corrected chi connectivity index (χ4v) is 5.42. The lowest BCUT2D eigenvalue weighted by atomic mass is 10.1. The van der Waals surface area contributed by atoms with Gasteiger partial charge in [-0.25, -0.2) is 9.78 Å². The number of aromatic nitrogens is 3. The molecule has 4 heterocycles. The summed E-state index contributed by atoms with van der Waals surface area (Å²) >= 11 is 1.32. The Labute approximate surface area is 229 Å². The Morgan fingerprint density at radius 1 is 1.30 bits per heavy atom. The van der Waals surface area contributed by atoms with Crippen LogP contribution in [0.2, 0.25) is 0 Å². The molecule has 0 spiro atoms. The van der Waals surface area contributed by atoms with Crippen molar-refractivity contribution in [3.63, 3.8) is 0 Å². The van der Waals surface area contributed by atoms with Crippen LogP contribution in [0.5, 0.6) is 5.75 Å². The summed E-state index contributed by atoms with van der Waals surface area (Å²) in [6.07, 6.45) is 2.96. The van der Waals surface area contributed by atoms with E-state index in [-0.39, 0.29) is 17.6 Å². The zero-order valence-corrected chi connectivity index (χ0v) is 22.3. The molecule has 10 nitrogen and oxygen atoms in total. The first-order valence-electron chi connectivity index (χ1n) is 12.4. The van der Waals surface area contributed by atoms with Crippen LogP contribution in [0.3, 0.4) is 0 Å². The molecular formula is C26H27F3N4O6S. The number of carboxylic acid groups (broad SMARTS) is 1. The van der Waals surface area contributed by atoms with Gasteiger partial charge in [-0.3, -0.25) is 9.59 Å². The number of aliphatic carboxylic acids is 1. The van der Waals surface area contributed by atoms with Gasteiger partial charge in [0.1, 0.15) is 16.9 Å². The highest BCUT2D eigenvalue weighted by molar-refractivity contribution is 7.22. The van der Waals surface area contributed by atoms with Crippen molar-refractivity contribution in [3.05, 3.63) is 58.2 Å². The molecule has 1 saturated heterocycles. The maximum absolute atomic E-state index is 13.3. The van der Waals surface area contributed by atoms with Gasteiger partial charge >= 0.3 is 12.1 Å². The van der Waals surface area contributed by atoms with Crippen molar-refractivity contribution >= 4 is 44.2 Å². The lowest BCUT2D eigenvalue weighted by molar-refractivity contribution is -0.192. The van der Waals surface area contributed by atoms with Crippen molar-refractivity contribution in [1.82, 2.24) is 19.4 Å². The summed E-state index contributed by atoms with van der Waals surface area (Å²) in [6.45, 7) is 2.31. The number of nitrogens with one attached hydrogen (secondary N) is 1. The number of halogens is 3. The number of ether oxygens (including phenoxy) is 2. The molecule has 1 aliphatic rings. The zero-order valence-electron chi connectivity index (χ0n) is 21.4. The highest BCUT2D eigenvalue weighted by atomic mass is 32.1. The molecule has 1 fully saturated rings. The third-order valence-electron chi connectivity index (χ3n) is 6.22. The average Bonchev–Trinajstić information content (AvgIpc) is 3.70. The Balaban J connectivity index is 0.000000470. The van der Waals surface area contributed by atoms with E-state index in [1.165, 1.54) is 11.3 Å². The number of rotatable bonds is 8. The van der Waals surface area contributed by atoms with Crippen LogP contribution < -0.4 is 15.6 Å². The van der Waals surface area contributed by atoms with E-state index in [0.29, 0.717) is 29.2 Å². The number of para-hydroxylation sites is 1. The predicted molar refractivity (Wildman–Crippen MR) is 142 cm³/mol. The molecule has 5 rings (SSSR count). The maximum atomic E-state index is 13.3. The van der Waals surface area contributed by atoms with Gasteiger partial charge in [0.25, 0.3) is 11.5 Å². The number of hydrogen-bond acceptors (Lipinski definition) is 7. The normalized spacial score (nSPS) is 15.2. The third-order valence-corrected chi connectivity index (χ3v) is 7.42. The largest absolute Gasteiger partial charge is 0.490 e. The van der Waals surface area contributed by atoms with Gasteiger partial charge in [-0.05, 0) is 25.3 Å². The minimum absolute atomic E-state index is 0.0182. The lowest BCUT2D eigenvalue weighted by Gasteiger charge is -2.13. The first-order valence-corrected chi connectivity index (χ1v) is 13.2. The fourth-order valence-electron chi connectivity index (χ4n) is 4.24. The van der Waals surface area contributed by atoms with E-state index in [4.69, 9.17) is 19.4 Å². The quantitative estimate of drug-likeness (QED) is 0.302. The summed E-state index contributed by atoms with van der Waals surface area (Å²) in [6, 6.07) is 7.74. The molecule has 3 aromatic heterocycles. The fraction of sp³-hybridized carbons (Fsp3) is 0.385. The summed E-state index contributed by atoms with van der Waals surface area (Å²) < 4.78 is 47.9. The molecule has 0 saturated carbocycles. The minimum Gasteiger partial charge on any atom is -0.488 e. The highest BCUT2D eigenvalue weighted by Crippen LogP contribution is 2.39. The number of fused-ring (bicyclic) bond motifs is 3. The number of imidazole rings is 1. The summed E-state index contributed by atoms with van der Waals surface area (Å²) in [4.78, 5) is 39.8. The van der Waals surface area contributed by atoms with Gasteiger partial charge < -0.3 is 29.0 Å². The zero-order chi connectivity index (χ0) is 28.9. The number of carboxylic acids is 1. The molecule has 0 bridgehead atoms. The Bertz CT molecular complexity index is 1540. The van der Waals surface area contributed by atoms with Gasteiger partial charge in [-0.15, -0.1) is 11.3 Å². The number of pyridine rings is 1. The topological polar surface area (TPSA) is 125 Å². The number of aryl methyl sites for hydroxylation is 2. The number of benzene rings is 1. The summed E-state index contributed by atoms with van der Waals surface area (Å²) in [5.41, 5.74) is 0.663. The number of nitrogens with zero attached hydrogens (tertiary/aromatic N) is 3. The molecule has 14 heteroatoms. The highest BCUT2D eigenvalue weighted by Gasteiger charge is 2.38. The molecule has 1 aliphatic heterocycles. The van der Waals surface area contributed by atoms with E-state index in [1.807, 2.05) is 35.0 Å². The van der Waals surface area contributed by atoms with Gasteiger partial charge in [0.2, 0.25) is 0 Å². The van der Waals surface area contributed by atoms with Crippen molar-refractivity contribution < 1.29 is 37.3 Å². The smallest absolute Gasteiger partial charge is 0.488 e. The van der Waals surface area contributed by atoms with Crippen molar-refractivity contribution in [2.45, 2.75) is 38.1 Å². The molecule has 40 heavy (non-hydrogen) atoms. The third kappa shape index (κ3) is 6.62. The van der Waals surface area contributed by atoms with Gasteiger partial charge in [-0.1, -0.05) is 18.2 Å². The van der Waals surface area contributed by atoms with Crippen LogP contribution in [0.1, 0.15) is 28.9 Å². The molecule has 1 atom stereocenters. The average molecular weight is 581 g/mol. The number of amides is 1. The lowest BCUT2D eigenvalue weighted by Crippen LogP contribution is -2.26. The van der Waals surface area contributed by atoms with E-state index in [0.717, 1.165) is 48.0 Å². The standard InChI is InChI=1S/C24H26N4O4S.C2HF3O2/c1-27-18-8-3-2-7-17(18)21-19(24(27)30)20(32-14-16-6-4-13-31-16)22(33-21)23(29)26-9-5-11-28-12-10-25-15-28;3-2(4,5)1(6)7/h2-3,7-8,10,12,15-16H,4-6,9,11,13-14H2,1H3,(H,26,29);(H,6,7). The second-order valence-corrected chi connectivity index (χ2v) is 10.0. The number of thiophene rings is 1. The van der Waals surface area contributed by atoms with Crippen LogP contribution >= 0.6 is 11.3 Å². The molecule has 2 N–H and O–H groups in total. The van der Waals surface area contributed by atoms with Gasteiger partial charge in [0, 0.05) is 44.5 Å². The molecule has 1 unspecified atom stereocenters. The molecule has 1 aromatic carbocycles. The van der Waals surface area contributed by atoms with Crippen LogP contribution in [-0.2, 0) is 23.1 Å². The number of alkyl halides is 3. The van der Waals surface area contributed by atoms with E-state index < -0.39 is 12.1 Å². The van der Waals surface area contributed by atoms with Crippen molar-refractivity contribution in [3.8, 4) is 5.75 Å². The van der Waals surface area contributed by atoms with Crippen LogP contribution in [0.4, 0.5) is 13.2 Å². The van der Waals surface area contributed by atoms with E-state index >= 15 is 0 Å².